The summed E-state index contributed by atoms with van der Waals surface area (Å²) in [4.78, 5) is 14.1. The number of anilines is 1. The van der Waals surface area contributed by atoms with Gasteiger partial charge < -0.3 is 20.8 Å². The molecule has 5 nitrogen and oxygen atoms in total. The number of hydrogen-bond acceptors (Lipinski definition) is 4. The Labute approximate surface area is 122 Å². The lowest BCUT2D eigenvalue weighted by molar-refractivity contribution is 0.0731. The van der Waals surface area contributed by atoms with Crippen LogP contribution >= 0.6 is 0 Å². The maximum absolute atomic E-state index is 12.5. The summed E-state index contributed by atoms with van der Waals surface area (Å²) < 4.78 is 0. The third-order valence-corrected chi connectivity index (χ3v) is 3.81. The lowest BCUT2D eigenvalue weighted by atomic mass is 9.97. The average molecular weight is 284 g/mol. The van der Waals surface area contributed by atoms with Gasteiger partial charge in [-0.1, -0.05) is 12.1 Å². The molecule has 4 N–H and O–H groups in total. The maximum Gasteiger partial charge on any atom is 0.258 e. The van der Waals surface area contributed by atoms with Crippen LogP contribution in [0.5, 0.6) is 11.5 Å². The molecule has 1 amide bonds. The van der Waals surface area contributed by atoms with Gasteiger partial charge in [-0.3, -0.25) is 4.79 Å². The number of hydrogen-bond donors (Lipinski definition) is 3. The molecule has 21 heavy (non-hydrogen) atoms. The van der Waals surface area contributed by atoms with Gasteiger partial charge in [-0.05, 0) is 41.8 Å². The van der Waals surface area contributed by atoms with Crippen molar-refractivity contribution < 1.29 is 15.0 Å². The van der Waals surface area contributed by atoms with Crippen LogP contribution in [0.1, 0.15) is 21.5 Å². The molecule has 0 bridgehead atoms. The number of amides is 1. The number of fused-ring (bicyclic) bond motifs is 1. The van der Waals surface area contributed by atoms with E-state index in [1.807, 2.05) is 18.2 Å². The number of nitrogens with zero attached hydrogens (tertiary/aromatic N) is 1. The van der Waals surface area contributed by atoms with Crippen molar-refractivity contribution in [3.63, 3.8) is 0 Å². The van der Waals surface area contributed by atoms with Crippen molar-refractivity contribution in [1.29, 1.82) is 0 Å². The number of carbonyl (C=O) groups is 1. The van der Waals surface area contributed by atoms with Crippen molar-refractivity contribution in [2.75, 3.05) is 12.3 Å². The molecule has 1 heterocycles. The summed E-state index contributed by atoms with van der Waals surface area (Å²) in [5.41, 5.74) is 8.85. The fourth-order valence-electron chi connectivity index (χ4n) is 2.65. The van der Waals surface area contributed by atoms with E-state index in [9.17, 15) is 15.0 Å². The summed E-state index contributed by atoms with van der Waals surface area (Å²) >= 11 is 0. The molecule has 0 fully saturated rings. The van der Waals surface area contributed by atoms with Gasteiger partial charge in [-0.2, -0.15) is 0 Å². The Morgan fingerprint density at radius 1 is 1.19 bits per heavy atom. The molecule has 5 heteroatoms. The van der Waals surface area contributed by atoms with E-state index in [1.54, 1.807) is 4.90 Å². The van der Waals surface area contributed by atoms with Crippen LogP contribution in [0.4, 0.5) is 5.69 Å². The number of nitrogens with two attached hydrogens (primary N) is 1. The molecule has 1 aliphatic heterocycles. The molecular weight excluding hydrogens is 268 g/mol. The number of aromatic hydroxyl groups is 2. The molecule has 0 radical (unpaired) electrons. The number of rotatable bonds is 1. The first-order valence-corrected chi connectivity index (χ1v) is 6.74. The monoisotopic (exact) mass is 284 g/mol. The average Bonchev–Trinajstić information content (AvgIpc) is 2.49. The first-order valence-electron chi connectivity index (χ1n) is 6.74. The number of carbonyl (C=O) groups excluding carboxylic acids is 1. The molecular formula is C16H16N2O3. The van der Waals surface area contributed by atoms with Gasteiger partial charge in [0.25, 0.3) is 5.91 Å². The zero-order chi connectivity index (χ0) is 15.0. The van der Waals surface area contributed by atoms with Crippen molar-refractivity contribution >= 4 is 11.6 Å². The van der Waals surface area contributed by atoms with Gasteiger partial charge in [0.2, 0.25) is 0 Å². The fraction of sp³-hybridized carbons (Fsp3) is 0.188. The molecule has 0 saturated heterocycles. The predicted molar refractivity (Wildman–Crippen MR) is 79.1 cm³/mol. The second-order valence-electron chi connectivity index (χ2n) is 5.16. The van der Waals surface area contributed by atoms with Gasteiger partial charge in [-0.15, -0.1) is 0 Å². The van der Waals surface area contributed by atoms with Gasteiger partial charge in [0.05, 0.1) is 5.56 Å². The first-order chi connectivity index (χ1) is 10.1. The number of benzene rings is 2. The molecule has 2 aromatic carbocycles. The predicted octanol–water partition coefficient (Wildman–Crippen LogP) is 1.88. The van der Waals surface area contributed by atoms with Crippen molar-refractivity contribution in [1.82, 2.24) is 4.90 Å². The quantitative estimate of drug-likeness (QED) is 0.551. The van der Waals surface area contributed by atoms with Crippen LogP contribution in [-0.4, -0.2) is 27.6 Å². The van der Waals surface area contributed by atoms with Crippen LogP contribution in [0.25, 0.3) is 0 Å². The van der Waals surface area contributed by atoms with Crippen molar-refractivity contribution in [3.05, 3.63) is 53.1 Å². The smallest absolute Gasteiger partial charge is 0.258 e. The zero-order valence-corrected chi connectivity index (χ0v) is 11.4. The van der Waals surface area contributed by atoms with Gasteiger partial charge in [0.1, 0.15) is 11.5 Å². The van der Waals surface area contributed by atoms with Crippen LogP contribution < -0.4 is 5.73 Å². The van der Waals surface area contributed by atoms with Crippen LogP contribution in [-0.2, 0) is 13.0 Å². The Kier molecular flexibility index (Phi) is 3.17. The summed E-state index contributed by atoms with van der Waals surface area (Å²) in [5.74, 6) is -0.491. The molecule has 3 rings (SSSR count). The minimum absolute atomic E-state index is 0.0481. The SMILES string of the molecule is Nc1cccc2c1CN(C(=O)c1cc(O)ccc1O)CC2. The molecule has 0 aliphatic carbocycles. The summed E-state index contributed by atoms with van der Waals surface area (Å²) in [5, 5.41) is 19.3. The van der Waals surface area contributed by atoms with E-state index in [-0.39, 0.29) is 23.0 Å². The van der Waals surface area contributed by atoms with Crippen molar-refractivity contribution in [2.24, 2.45) is 0 Å². The molecule has 1 aliphatic rings. The highest BCUT2D eigenvalue weighted by molar-refractivity contribution is 5.97. The van der Waals surface area contributed by atoms with Crippen molar-refractivity contribution in [2.45, 2.75) is 13.0 Å². The molecule has 2 aromatic rings. The van der Waals surface area contributed by atoms with Gasteiger partial charge in [-0.25, -0.2) is 0 Å². The second-order valence-corrected chi connectivity index (χ2v) is 5.16. The Morgan fingerprint density at radius 2 is 2.00 bits per heavy atom. The maximum atomic E-state index is 12.5. The standard InChI is InChI=1S/C16H16N2O3/c17-14-3-1-2-10-6-7-18(9-13(10)14)16(21)12-8-11(19)4-5-15(12)20/h1-5,8,19-20H,6-7,9,17H2. The Balaban J connectivity index is 1.91. The third-order valence-electron chi connectivity index (χ3n) is 3.81. The van der Waals surface area contributed by atoms with Crippen LogP contribution in [0.3, 0.4) is 0 Å². The molecule has 108 valence electrons. The zero-order valence-electron chi connectivity index (χ0n) is 11.4. The summed E-state index contributed by atoms with van der Waals surface area (Å²) in [6.07, 6.45) is 0.728. The van der Waals surface area contributed by atoms with Gasteiger partial charge >= 0.3 is 0 Å². The van der Waals surface area contributed by atoms with Gasteiger partial charge in [0.15, 0.2) is 0 Å². The number of nitrogen functional groups attached to an aromatic ring is 1. The van der Waals surface area contributed by atoms with E-state index in [1.165, 1.54) is 18.2 Å². The normalized spacial score (nSPS) is 13.8. The molecule has 0 unspecified atom stereocenters. The molecule has 0 atom stereocenters. The second kappa shape index (κ2) is 5.01. The lowest BCUT2D eigenvalue weighted by Gasteiger charge is -2.30. The van der Waals surface area contributed by atoms with E-state index in [0.29, 0.717) is 18.8 Å². The number of phenols is 2. The third kappa shape index (κ3) is 2.38. The highest BCUT2D eigenvalue weighted by Gasteiger charge is 2.24. The lowest BCUT2D eigenvalue weighted by Crippen LogP contribution is -2.36. The first kappa shape index (κ1) is 13.3. The Bertz CT molecular complexity index is 713. The Morgan fingerprint density at radius 3 is 2.81 bits per heavy atom. The fourth-order valence-corrected chi connectivity index (χ4v) is 2.65. The highest BCUT2D eigenvalue weighted by Crippen LogP contribution is 2.28. The van der Waals surface area contributed by atoms with E-state index in [0.717, 1.165) is 17.5 Å². The molecule has 0 spiro atoms. The minimum atomic E-state index is -0.308. The molecule has 0 saturated carbocycles. The van der Waals surface area contributed by atoms with E-state index in [2.05, 4.69) is 0 Å². The van der Waals surface area contributed by atoms with Crippen LogP contribution in [0, 0.1) is 0 Å². The van der Waals surface area contributed by atoms with E-state index >= 15 is 0 Å². The van der Waals surface area contributed by atoms with E-state index < -0.39 is 0 Å². The Hall–Kier alpha value is -2.69. The number of phenolic OH excluding ortho intramolecular Hbond substituents is 2. The van der Waals surface area contributed by atoms with Gasteiger partial charge in [0, 0.05) is 18.8 Å². The minimum Gasteiger partial charge on any atom is -0.508 e. The summed E-state index contributed by atoms with van der Waals surface area (Å²) in [6.45, 7) is 0.973. The van der Waals surface area contributed by atoms with E-state index in [4.69, 9.17) is 5.73 Å². The highest BCUT2D eigenvalue weighted by atomic mass is 16.3. The summed E-state index contributed by atoms with van der Waals surface area (Å²) in [6, 6.07) is 9.68. The van der Waals surface area contributed by atoms with Crippen molar-refractivity contribution in [3.8, 4) is 11.5 Å². The topological polar surface area (TPSA) is 86.8 Å². The van der Waals surface area contributed by atoms with Crippen LogP contribution in [0.15, 0.2) is 36.4 Å². The summed E-state index contributed by atoms with van der Waals surface area (Å²) in [7, 11) is 0. The largest absolute Gasteiger partial charge is 0.508 e. The molecule has 0 aromatic heterocycles. The van der Waals surface area contributed by atoms with Crippen LogP contribution in [0.2, 0.25) is 0 Å².